The fourth-order valence-electron chi connectivity index (χ4n) is 2.76. The summed E-state index contributed by atoms with van der Waals surface area (Å²) in [5.74, 6) is 0.0208. The first-order valence-electron chi connectivity index (χ1n) is 7.53. The van der Waals surface area contributed by atoms with Gasteiger partial charge in [-0.25, -0.2) is 4.39 Å². The maximum absolute atomic E-state index is 14.1. The third-order valence-corrected chi connectivity index (χ3v) is 4.08. The van der Waals surface area contributed by atoms with E-state index in [9.17, 15) is 9.50 Å². The zero-order valence-corrected chi connectivity index (χ0v) is 12.8. The van der Waals surface area contributed by atoms with Crippen LogP contribution in [-0.2, 0) is 11.3 Å². The Balaban J connectivity index is 2.09. The SMILES string of the molecule is COCCNCc1c(F)cccc1N1CCC(O)C(C)C1. The van der Waals surface area contributed by atoms with Crippen LogP contribution < -0.4 is 10.2 Å². The third kappa shape index (κ3) is 4.15. The molecule has 0 spiro atoms. The molecular formula is C16H25FN2O2. The van der Waals surface area contributed by atoms with Crippen LogP contribution in [0, 0.1) is 11.7 Å². The molecule has 1 aromatic carbocycles. The number of hydrogen-bond acceptors (Lipinski definition) is 4. The van der Waals surface area contributed by atoms with Crippen molar-refractivity contribution < 1.29 is 14.2 Å². The summed E-state index contributed by atoms with van der Waals surface area (Å²) in [7, 11) is 1.65. The molecule has 0 aliphatic carbocycles. The monoisotopic (exact) mass is 296 g/mol. The van der Waals surface area contributed by atoms with Gasteiger partial charge in [0.05, 0.1) is 12.7 Å². The molecule has 1 aliphatic heterocycles. The third-order valence-electron chi connectivity index (χ3n) is 4.08. The van der Waals surface area contributed by atoms with Gasteiger partial charge < -0.3 is 20.1 Å². The predicted octanol–water partition coefficient (Wildman–Crippen LogP) is 1.77. The molecule has 0 aromatic heterocycles. The van der Waals surface area contributed by atoms with E-state index >= 15 is 0 Å². The molecule has 0 radical (unpaired) electrons. The van der Waals surface area contributed by atoms with Crippen LogP contribution in [0.5, 0.6) is 0 Å². The number of methoxy groups -OCH3 is 1. The number of ether oxygens (including phenoxy) is 1. The minimum absolute atomic E-state index is 0.184. The number of hydrogen-bond donors (Lipinski definition) is 2. The van der Waals surface area contributed by atoms with Crippen LogP contribution in [0.1, 0.15) is 18.9 Å². The molecule has 0 bridgehead atoms. The average molecular weight is 296 g/mol. The molecule has 0 saturated carbocycles. The highest BCUT2D eigenvalue weighted by Crippen LogP contribution is 2.28. The van der Waals surface area contributed by atoms with Gasteiger partial charge in [-0.2, -0.15) is 0 Å². The second kappa shape index (κ2) is 7.73. The van der Waals surface area contributed by atoms with Crippen molar-refractivity contribution in [1.82, 2.24) is 5.32 Å². The number of piperidine rings is 1. The molecule has 5 heteroatoms. The zero-order valence-electron chi connectivity index (χ0n) is 12.8. The van der Waals surface area contributed by atoms with E-state index in [1.54, 1.807) is 13.2 Å². The average Bonchev–Trinajstić information content (AvgIpc) is 2.48. The smallest absolute Gasteiger partial charge is 0.129 e. The van der Waals surface area contributed by atoms with Gasteiger partial charge in [0.15, 0.2) is 0 Å². The zero-order chi connectivity index (χ0) is 15.2. The highest BCUT2D eigenvalue weighted by Gasteiger charge is 2.26. The van der Waals surface area contributed by atoms with Crippen molar-refractivity contribution in [2.24, 2.45) is 5.92 Å². The summed E-state index contributed by atoms with van der Waals surface area (Å²) in [6, 6.07) is 5.21. The molecular weight excluding hydrogens is 271 g/mol. The molecule has 1 heterocycles. The highest BCUT2D eigenvalue weighted by atomic mass is 19.1. The van der Waals surface area contributed by atoms with Crippen LogP contribution >= 0.6 is 0 Å². The standard InChI is InChI=1S/C16H25FN2O2/c1-12-11-19(8-6-16(12)20)15-5-3-4-14(17)13(15)10-18-7-9-21-2/h3-5,12,16,18,20H,6-11H2,1-2H3. The Bertz CT molecular complexity index is 456. The van der Waals surface area contributed by atoms with E-state index < -0.39 is 0 Å². The minimum atomic E-state index is -0.252. The molecule has 2 atom stereocenters. The molecule has 1 saturated heterocycles. The molecule has 21 heavy (non-hydrogen) atoms. The van der Waals surface area contributed by atoms with Crippen molar-refractivity contribution in [2.75, 3.05) is 38.3 Å². The van der Waals surface area contributed by atoms with Crippen molar-refractivity contribution in [3.8, 4) is 0 Å². The number of nitrogens with one attached hydrogen (secondary N) is 1. The molecule has 2 N–H and O–H groups in total. The maximum Gasteiger partial charge on any atom is 0.129 e. The molecule has 1 fully saturated rings. The Labute approximate surface area is 125 Å². The number of nitrogens with zero attached hydrogens (tertiary/aromatic N) is 1. The topological polar surface area (TPSA) is 44.7 Å². The number of rotatable bonds is 6. The quantitative estimate of drug-likeness (QED) is 0.785. The second-order valence-electron chi connectivity index (χ2n) is 5.69. The normalized spacial score (nSPS) is 22.6. The molecule has 0 amide bonds. The van der Waals surface area contributed by atoms with E-state index in [0.717, 1.165) is 25.2 Å². The van der Waals surface area contributed by atoms with Gasteiger partial charge in [-0.05, 0) is 24.5 Å². The Morgan fingerprint density at radius 3 is 3.00 bits per heavy atom. The maximum atomic E-state index is 14.1. The fourth-order valence-corrected chi connectivity index (χ4v) is 2.76. The summed E-state index contributed by atoms with van der Waals surface area (Å²) in [6.45, 7) is 5.34. The summed E-state index contributed by atoms with van der Waals surface area (Å²) in [5, 5.41) is 13.0. The highest BCUT2D eigenvalue weighted by molar-refractivity contribution is 5.54. The summed E-state index contributed by atoms with van der Waals surface area (Å²) in [4.78, 5) is 2.17. The van der Waals surface area contributed by atoms with Crippen LogP contribution in [0.3, 0.4) is 0 Å². The van der Waals surface area contributed by atoms with E-state index in [1.807, 2.05) is 13.0 Å². The Kier molecular flexibility index (Phi) is 5.96. The van der Waals surface area contributed by atoms with Crippen molar-refractivity contribution >= 4 is 5.69 Å². The number of halogens is 1. The van der Waals surface area contributed by atoms with Crippen LogP contribution in [0.25, 0.3) is 0 Å². The fraction of sp³-hybridized carbons (Fsp3) is 0.625. The van der Waals surface area contributed by atoms with E-state index in [4.69, 9.17) is 4.74 Å². The van der Waals surface area contributed by atoms with Crippen LogP contribution in [0.2, 0.25) is 0 Å². The molecule has 118 valence electrons. The van der Waals surface area contributed by atoms with Gasteiger partial charge in [0, 0.05) is 44.5 Å². The molecule has 2 rings (SSSR count). The van der Waals surface area contributed by atoms with Gasteiger partial charge >= 0.3 is 0 Å². The lowest BCUT2D eigenvalue weighted by Crippen LogP contribution is -2.42. The summed E-state index contributed by atoms with van der Waals surface area (Å²) in [5.41, 5.74) is 1.62. The number of aliphatic hydroxyl groups is 1. The van der Waals surface area contributed by atoms with Crippen molar-refractivity contribution in [2.45, 2.75) is 26.0 Å². The first-order valence-corrected chi connectivity index (χ1v) is 7.53. The molecule has 1 aliphatic rings. The van der Waals surface area contributed by atoms with Crippen LogP contribution in [-0.4, -0.2) is 44.6 Å². The van der Waals surface area contributed by atoms with Gasteiger partial charge in [-0.1, -0.05) is 13.0 Å². The first kappa shape index (κ1) is 16.2. The van der Waals surface area contributed by atoms with Crippen molar-refractivity contribution in [3.63, 3.8) is 0 Å². The van der Waals surface area contributed by atoms with E-state index in [1.165, 1.54) is 6.07 Å². The Morgan fingerprint density at radius 2 is 2.29 bits per heavy atom. The summed E-state index contributed by atoms with van der Waals surface area (Å²) < 4.78 is 19.1. The Hall–Kier alpha value is -1.17. The Morgan fingerprint density at radius 1 is 1.48 bits per heavy atom. The van der Waals surface area contributed by atoms with Gasteiger partial charge in [-0.15, -0.1) is 0 Å². The second-order valence-corrected chi connectivity index (χ2v) is 5.69. The molecule has 2 unspecified atom stereocenters. The van der Waals surface area contributed by atoms with E-state index in [-0.39, 0.29) is 17.8 Å². The van der Waals surface area contributed by atoms with Gasteiger partial charge in [0.25, 0.3) is 0 Å². The molecule has 4 nitrogen and oxygen atoms in total. The minimum Gasteiger partial charge on any atom is -0.393 e. The number of benzene rings is 1. The summed E-state index contributed by atoms with van der Waals surface area (Å²) >= 11 is 0. The van der Waals surface area contributed by atoms with E-state index in [0.29, 0.717) is 25.3 Å². The largest absolute Gasteiger partial charge is 0.393 e. The van der Waals surface area contributed by atoms with Crippen LogP contribution in [0.15, 0.2) is 18.2 Å². The lowest BCUT2D eigenvalue weighted by atomic mass is 9.95. The number of aliphatic hydroxyl groups excluding tert-OH is 1. The van der Waals surface area contributed by atoms with Crippen molar-refractivity contribution in [1.29, 1.82) is 0 Å². The van der Waals surface area contributed by atoms with Gasteiger partial charge in [-0.3, -0.25) is 0 Å². The number of anilines is 1. The van der Waals surface area contributed by atoms with Crippen molar-refractivity contribution in [3.05, 3.63) is 29.6 Å². The van der Waals surface area contributed by atoms with Gasteiger partial charge in [0.2, 0.25) is 0 Å². The molecule has 1 aromatic rings. The van der Waals surface area contributed by atoms with Crippen LogP contribution in [0.4, 0.5) is 10.1 Å². The predicted molar refractivity (Wildman–Crippen MR) is 82.0 cm³/mol. The lowest BCUT2D eigenvalue weighted by molar-refractivity contribution is 0.0970. The van der Waals surface area contributed by atoms with E-state index in [2.05, 4.69) is 10.2 Å². The first-order chi connectivity index (χ1) is 10.1. The van der Waals surface area contributed by atoms with Gasteiger partial charge in [0.1, 0.15) is 5.82 Å². The summed E-state index contributed by atoms with van der Waals surface area (Å²) in [6.07, 6.45) is 0.479. The lowest BCUT2D eigenvalue weighted by Gasteiger charge is -2.37.